The molecule has 3 heterocycles. The molecular formula is C20H32ClN5O3. The number of amides is 1. The minimum Gasteiger partial charge on any atom is -0.484 e. The topological polar surface area (TPSA) is 71.0 Å². The zero-order chi connectivity index (χ0) is 21.5. The molecule has 1 fully saturated rings. The Morgan fingerprint density at radius 3 is 2.59 bits per heavy atom. The summed E-state index contributed by atoms with van der Waals surface area (Å²) in [6, 6.07) is 0.255. The molecule has 1 amide bonds. The summed E-state index contributed by atoms with van der Waals surface area (Å²) < 4.78 is 11.6. The lowest BCUT2D eigenvalue weighted by Gasteiger charge is -2.38. The fraction of sp³-hybridized carbons (Fsp3) is 0.750. The molecule has 162 valence electrons. The van der Waals surface area contributed by atoms with Gasteiger partial charge in [-0.05, 0) is 44.7 Å². The number of ether oxygens (including phenoxy) is 2. The molecule has 0 bridgehead atoms. The highest BCUT2D eigenvalue weighted by molar-refractivity contribution is 6.28. The highest BCUT2D eigenvalue weighted by Crippen LogP contribution is 2.41. The average molecular weight is 426 g/mol. The van der Waals surface area contributed by atoms with E-state index in [0.717, 1.165) is 13.0 Å². The van der Waals surface area contributed by atoms with Gasteiger partial charge in [0.05, 0.1) is 12.1 Å². The van der Waals surface area contributed by atoms with E-state index in [9.17, 15) is 4.79 Å². The third-order valence-electron chi connectivity index (χ3n) is 5.49. The van der Waals surface area contributed by atoms with E-state index in [4.69, 9.17) is 21.1 Å². The molecule has 2 atom stereocenters. The minimum absolute atomic E-state index is 0.0268. The van der Waals surface area contributed by atoms with Crippen LogP contribution in [0.5, 0.6) is 5.75 Å². The van der Waals surface area contributed by atoms with E-state index in [1.165, 1.54) is 0 Å². The third-order valence-corrected chi connectivity index (χ3v) is 5.66. The maximum atomic E-state index is 12.4. The predicted octanol–water partition coefficient (Wildman–Crippen LogP) is 3.43. The summed E-state index contributed by atoms with van der Waals surface area (Å²) in [5.41, 5.74) is -0.520. The van der Waals surface area contributed by atoms with Crippen molar-refractivity contribution in [3.63, 3.8) is 0 Å². The summed E-state index contributed by atoms with van der Waals surface area (Å²) in [5, 5.41) is 0.197. The summed E-state index contributed by atoms with van der Waals surface area (Å²) in [7, 11) is 3.80. The quantitative estimate of drug-likeness (QED) is 0.687. The molecule has 0 N–H and O–H groups in total. The molecule has 3 rings (SSSR count). The van der Waals surface area contributed by atoms with Crippen LogP contribution >= 0.6 is 11.6 Å². The van der Waals surface area contributed by atoms with Crippen LogP contribution in [0.25, 0.3) is 0 Å². The molecule has 0 aliphatic carbocycles. The lowest BCUT2D eigenvalue weighted by molar-refractivity contribution is 0.0238. The number of aromatic nitrogens is 2. The first-order chi connectivity index (χ1) is 13.5. The third kappa shape index (κ3) is 4.63. The van der Waals surface area contributed by atoms with Gasteiger partial charge in [-0.25, -0.2) is 4.79 Å². The molecule has 0 aromatic carbocycles. The van der Waals surface area contributed by atoms with Gasteiger partial charge >= 0.3 is 6.09 Å². The van der Waals surface area contributed by atoms with Gasteiger partial charge in [-0.1, -0.05) is 13.8 Å². The first-order valence-electron chi connectivity index (χ1n) is 10.1. The van der Waals surface area contributed by atoms with Gasteiger partial charge in [-0.3, -0.25) is 0 Å². The largest absolute Gasteiger partial charge is 0.484 e. The Labute approximate surface area is 178 Å². The molecule has 1 aromatic heterocycles. The maximum absolute atomic E-state index is 12.4. The molecule has 2 aliphatic rings. The molecule has 29 heavy (non-hydrogen) atoms. The lowest BCUT2D eigenvalue weighted by Crippen LogP contribution is -2.45. The van der Waals surface area contributed by atoms with Gasteiger partial charge in [0.2, 0.25) is 11.0 Å². The zero-order valence-electron chi connectivity index (χ0n) is 18.4. The fourth-order valence-electron chi connectivity index (χ4n) is 3.79. The van der Waals surface area contributed by atoms with Crippen LogP contribution in [-0.2, 0) is 4.74 Å². The number of carbonyl (C=O) groups is 1. The van der Waals surface area contributed by atoms with Crippen LogP contribution in [0.3, 0.4) is 0 Å². The predicted molar refractivity (Wildman–Crippen MR) is 114 cm³/mol. The first-order valence-corrected chi connectivity index (χ1v) is 10.5. The van der Waals surface area contributed by atoms with E-state index in [2.05, 4.69) is 33.6 Å². The summed E-state index contributed by atoms with van der Waals surface area (Å²) >= 11 is 6.26. The minimum atomic E-state index is -0.520. The molecule has 0 spiro atoms. The lowest BCUT2D eigenvalue weighted by atomic mass is 10.0. The van der Waals surface area contributed by atoms with Crippen molar-refractivity contribution >= 4 is 29.3 Å². The van der Waals surface area contributed by atoms with E-state index in [1.54, 1.807) is 11.9 Å². The fourth-order valence-corrected chi connectivity index (χ4v) is 3.95. The van der Waals surface area contributed by atoms with Gasteiger partial charge in [0.15, 0.2) is 11.6 Å². The van der Waals surface area contributed by atoms with Crippen LogP contribution in [0, 0.1) is 5.92 Å². The van der Waals surface area contributed by atoms with Crippen LogP contribution in [-0.4, -0.2) is 72.4 Å². The van der Waals surface area contributed by atoms with Crippen molar-refractivity contribution in [2.75, 3.05) is 43.6 Å². The van der Waals surface area contributed by atoms with Gasteiger partial charge < -0.3 is 24.2 Å². The van der Waals surface area contributed by atoms with Crippen molar-refractivity contribution in [2.24, 2.45) is 5.92 Å². The molecule has 1 saturated heterocycles. The number of likely N-dealkylation sites (N-methyl/N-ethyl adjacent to an activating group) is 2. The molecule has 8 nitrogen and oxygen atoms in total. The molecule has 1 unspecified atom stereocenters. The van der Waals surface area contributed by atoms with Crippen LogP contribution in [0.2, 0.25) is 5.28 Å². The van der Waals surface area contributed by atoms with E-state index < -0.39 is 5.60 Å². The summed E-state index contributed by atoms with van der Waals surface area (Å²) in [4.78, 5) is 27.2. The highest BCUT2D eigenvalue weighted by atomic mass is 35.5. The van der Waals surface area contributed by atoms with Crippen LogP contribution in [0.1, 0.15) is 41.0 Å². The van der Waals surface area contributed by atoms with Gasteiger partial charge in [0.25, 0.3) is 0 Å². The number of anilines is 2. The summed E-state index contributed by atoms with van der Waals surface area (Å²) in [6.07, 6.45) is 0.499. The van der Waals surface area contributed by atoms with Gasteiger partial charge in [-0.15, -0.1) is 0 Å². The highest BCUT2D eigenvalue weighted by Gasteiger charge is 2.36. The number of hydrogen-bond acceptors (Lipinski definition) is 7. The Balaban J connectivity index is 1.79. The van der Waals surface area contributed by atoms with Crippen LogP contribution in [0.4, 0.5) is 16.4 Å². The standard InChI is InChI=1S/C20H32ClN5O3/c1-12(2)14-11-28-15-16(25(14)7)22-18(21)23-17(15)26-9-8-13(10-26)24(6)19(27)29-20(3,4)5/h12-14H,8-11H2,1-7H3/t13-,14?/m1/s1. The van der Waals surface area contributed by atoms with Crippen molar-refractivity contribution in [3.8, 4) is 5.75 Å². The van der Waals surface area contributed by atoms with Gasteiger partial charge in [0, 0.05) is 27.2 Å². The molecule has 0 saturated carbocycles. The van der Waals surface area contributed by atoms with E-state index in [0.29, 0.717) is 36.5 Å². The average Bonchev–Trinajstić information content (AvgIpc) is 3.09. The van der Waals surface area contributed by atoms with Crippen molar-refractivity contribution < 1.29 is 14.3 Å². The number of halogens is 1. The first kappa shape index (κ1) is 21.7. The van der Waals surface area contributed by atoms with Gasteiger partial charge in [-0.2, -0.15) is 9.97 Å². The zero-order valence-corrected chi connectivity index (χ0v) is 19.2. The number of rotatable bonds is 3. The van der Waals surface area contributed by atoms with Gasteiger partial charge in [0.1, 0.15) is 12.2 Å². The second-order valence-corrected chi connectivity index (χ2v) is 9.52. The molecule has 2 aliphatic heterocycles. The second kappa shape index (κ2) is 8.05. The Bertz CT molecular complexity index is 767. The maximum Gasteiger partial charge on any atom is 0.410 e. The molecule has 0 radical (unpaired) electrons. The Morgan fingerprint density at radius 2 is 1.97 bits per heavy atom. The Morgan fingerprint density at radius 1 is 1.31 bits per heavy atom. The van der Waals surface area contributed by atoms with E-state index in [-0.39, 0.29) is 23.5 Å². The van der Waals surface area contributed by atoms with Crippen LogP contribution < -0.4 is 14.5 Å². The summed E-state index contributed by atoms with van der Waals surface area (Å²) in [6.45, 7) is 11.9. The monoisotopic (exact) mass is 425 g/mol. The molecular weight excluding hydrogens is 394 g/mol. The normalized spacial score (nSPS) is 21.8. The second-order valence-electron chi connectivity index (χ2n) is 9.18. The Hall–Kier alpha value is -1.96. The molecule has 1 aromatic rings. The number of carbonyl (C=O) groups excluding carboxylic acids is 1. The van der Waals surface area contributed by atoms with Crippen LogP contribution in [0.15, 0.2) is 0 Å². The van der Waals surface area contributed by atoms with Crippen molar-refractivity contribution in [1.82, 2.24) is 14.9 Å². The Kier molecular flexibility index (Phi) is 6.03. The molecule has 9 heteroatoms. The summed E-state index contributed by atoms with van der Waals surface area (Å²) in [5.74, 6) is 2.49. The van der Waals surface area contributed by atoms with Crippen molar-refractivity contribution in [2.45, 2.75) is 58.7 Å². The number of fused-ring (bicyclic) bond motifs is 1. The SMILES string of the molecule is CC(C)C1COc2c(N3CC[C@@H](N(C)C(=O)OC(C)(C)C)C3)nc(Cl)nc2N1C. The number of nitrogens with zero attached hydrogens (tertiary/aromatic N) is 5. The van der Waals surface area contributed by atoms with Crippen molar-refractivity contribution in [3.05, 3.63) is 5.28 Å². The smallest absolute Gasteiger partial charge is 0.410 e. The van der Waals surface area contributed by atoms with Crippen molar-refractivity contribution in [1.29, 1.82) is 0 Å². The van der Waals surface area contributed by atoms with E-state index >= 15 is 0 Å². The number of hydrogen-bond donors (Lipinski definition) is 0. The van der Waals surface area contributed by atoms with E-state index in [1.807, 2.05) is 27.8 Å².